The number of carbonyl (C=O) groups is 1. The topological polar surface area (TPSA) is 26.3 Å². The van der Waals surface area contributed by atoms with Crippen LogP contribution >= 0.6 is 23.4 Å². The highest BCUT2D eigenvalue weighted by atomic mass is 35.5. The number of rotatable bonds is 3. The number of thioether (sulfide) groups is 1. The van der Waals surface area contributed by atoms with Gasteiger partial charge in [0.25, 0.3) is 0 Å². The highest BCUT2D eigenvalue weighted by Crippen LogP contribution is 2.28. The average Bonchev–Trinajstić information content (AvgIpc) is 2.57. The summed E-state index contributed by atoms with van der Waals surface area (Å²) in [6, 6.07) is 7.71. The van der Waals surface area contributed by atoms with E-state index in [0.29, 0.717) is 0 Å². The van der Waals surface area contributed by atoms with E-state index in [1.165, 1.54) is 5.56 Å². The summed E-state index contributed by atoms with van der Waals surface area (Å²) in [5.41, 5.74) is 1.18. The summed E-state index contributed by atoms with van der Waals surface area (Å²) in [7, 11) is 0. The maximum atomic E-state index is 11.4. The third-order valence-electron chi connectivity index (χ3n) is 2.49. The molecule has 1 saturated heterocycles. The van der Waals surface area contributed by atoms with Gasteiger partial charge in [0, 0.05) is 17.2 Å². The number of hydrogen-bond acceptors (Lipinski definition) is 3. The zero-order chi connectivity index (χ0) is 11.5. The molecule has 2 rings (SSSR count). The smallest absolute Gasteiger partial charge is 0.319 e. The Bertz CT molecular complexity index is 377. The van der Waals surface area contributed by atoms with Crippen LogP contribution in [0, 0.1) is 0 Å². The SMILES string of the molecule is C[C@H]1C[C@H](SCc2ccc(Cl)cc2)C(=O)O1. The lowest BCUT2D eigenvalue weighted by Crippen LogP contribution is -2.09. The summed E-state index contributed by atoms with van der Waals surface area (Å²) in [5, 5.41) is 0.730. The van der Waals surface area contributed by atoms with Crippen LogP contribution in [0.3, 0.4) is 0 Å². The van der Waals surface area contributed by atoms with Crippen LogP contribution in [0.15, 0.2) is 24.3 Å². The standard InChI is InChI=1S/C12H13ClO2S/c1-8-6-11(12(14)15-8)16-7-9-2-4-10(13)5-3-9/h2-5,8,11H,6-7H2,1H3/t8-,11-/m0/s1. The van der Waals surface area contributed by atoms with Gasteiger partial charge in [0.1, 0.15) is 11.4 Å². The third-order valence-corrected chi connectivity index (χ3v) is 4.03. The fourth-order valence-corrected chi connectivity index (χ4v) is 2.94. The maximum Gasteiger partial charge on any atom is 0.319 e. The Morgan fingerprint density at radius 3 is 2.69 bits per heavy atom. The van der Waals surface area contributed by atoms with Gasteiger partial charge in [0.05, 0.1) is 0 Å². The molecule has 1 aliphatic rings. The molecule has 0 aromatic heterocycles. The number of halogens is 1. The number of carbonyl (C=O) groups excluding carboxylic acids is 1. The van der Waals surface area contributed by atoms with Gasteiger partial charge in [0.2, 0.25) is 0 Å². The van der Waals surface area contributed by atoms with Gasteiger partial charge in [-0.25, -0.2) is 0 Å². The van der Waals surface area contributed by atoms with E-state index in [2.05, 4.69) is 0 Å². The summed E-state index contributed by atoms with van der Waals surface area (Å²) in [6.45, 7) is 1.93. The average molecular weight is 257 g/mol. The van der Waals surface area contributed by atoms with E-state index in [9.17, 15) is 4.79 Å². The van der Waals surface area contributed by atoms with Crippen LogP contribution in [0.1, 0.15) is 18.9 Å². The zero-order valence-corrected chi connectivity index (χ0v) is 10.6. The zero-order valence-electron chi connectivity index (χ0n) is 8.98. The second kappa shape index (κ2) is 5.11. The molecule has 4 heteroatoms. The van der Waals surface area contributed by atoms with E-state index in [-0.39, 0.29) is 17.3 Å². The van der Waals surface area contributed by atoms with Crippen LogP contribution in [-0.2, 0) is 15.3 Å². The van der Waals surface area contributed by atoms with Crippen LogP contribution in [0.2, 0.25) is 5.02 Å². The Hall–Kier alpha value is -0.670. The number of ether oxygens (including phenoxy) is 1. The van der Waals surface area contributed by atoms with Gasteiger partial charge in [-0.1, -0.05) is 23.7 Å². The number of esters is 1. The van der Waals surface area contributed by atoms with Gasteiger partial charge in [-0.15, -0.1) is 11.8 Å². The monoisotopic (exact) mass is 256 g/mol. The van der Waals surface area contributed by atoms with Crippen molar-refractivity contribution in [1.82, 2.24) is 0 Å². The molecule has 0 saturated carbocycles. The molecule has 2 nitrogen and oxygen atoms in total. The lowest BCUT2D eigenvalue weighted by molar-refractivity contribution is -0.140. The van der Waals surface area contributed by atoms with Gasteiger partial charge in [-0.05, 0) is 24.6 Å². The fraction of sp³-hybridized carbons (Fsp3) is 0.417. The molecule has 16 heavy (non-hydrogen) atoms. The van der Waals surface area contributed by atoms with Crippen molar-refractivity contribution in [2.75, 3.05) is 0 Å². The quantitative estimate of drug-likeness (QED) is 0.777. The summed E-state index contributed by atoms with van der Waals surface area (Å²) < 4.78 is 5.10. The van der Waals surface area contributed by atoms with Crippen molar-refractivity contribution in [1.29, 1.82) is 0 Å². The number of benzene rings is 1. The first-order valence-electron chi connectivity index (χ1n) is 5.21. The Morgan fingerprint density at radius 1 is 1.44 bits per heavy atom. The minimum absolute atomic E-state index is 0.00863. The van der Waals surface area contributed by atoms with E-state index in [4.69, 9.17) is 16.3 Å². The second-order valence-electron chi connectivity index (χ2n) is 3.91. The first-order chi connectivity index (χ1) is 7.65. The highest BCUT2D eigenvalue weighted by molar-refractivity contribution is 7.99. The molecule has 1 heterocycles. The molecule has 0 amide bonds. The van der Waals surface area contributed by atoms with E-state index >= 15 is 0 Å². The molecule has 1 aromatic rings. The first-order valence-corrected chi connectivity index (χ1v) is 6.64. The van der Waals surface area contributed by atoms with E-state index in [1.54, 1.807) is 11.8 Å². The summed E-state index contributed by atoms with van der Waals surface area (Å²) >= 11 is 7.44. The molecule has 1 fully saturated rings. The molecule has 86 valence electrons. The number of cyclic esters (lactones) is 1. The van der Waals surface area contributed by atoms with E-state index in [0.717, 1.165) is 17.2 Å². The Kier molecular flexibility index (Phi) is 3.77. The van der Waals surface area contributed by atoms with Crippen molar-refractivity contribution in [3.63, 3.8) is 0 Å². The van der Waals surface area contributed by atoms with Crippen LogP contribution in [0.25, 0.3) is 0 Å². The van der Waals surface area contributed by atoms with Crippen LogP contribution in [-0.4, -0.2) is 17.3 Å². The minimum atomic E-state index is -0.0773. The van der Waals surface area contributed by atoms with Crippen molar-refractivity contribution >= 4 is 29.3 Å². The van der Waals surface area contributed by atoms with Crippen LogP contribution in [0.4, 0.5) is 0 Å². The number of hydrogen-bond donors (Lipinski definition) is 0. The molecule has 2 atom stereocenters. The minimum Gasteiger partial charge on any atom is -0.462 e. The molecule has 1 aliphatic heterocycles. The molecule has 0 N–H and O–H groups in total. The van der Waals surface area contributed by atoms with Gasteiger partial charge in [0.15, 0.2) is 0 Å². The molecule has 0 spiro atoms. The molecule has 0 unspecified atom stereocenters. The Balaban J connectivity index is 1.88. The summed E-state index contributed by atoms with van der Waals surface area (Å²) in [5.74, 6) is 0.746. The van der Waals surface area contributed by atoms with Crippen LogP contribution in [0.5, 0.6) is 0 Å². The van der Waals surface area contributed by atoms with Crippen molar-refractivity contribution < 1.29 is 9.53 Å². The summed E-state index contributed by atoms with van der Waals surface area (Å²) in [6.07, 6.45) is 0.882. The fourth-order valence-electron chi connectivity index (χ4n) is 1.63. The van der Waals surface area contributed by atoms with E-state index < -0.39 is 0 Å². The molecular formula is C12H13ClO2S. The first kappa shape index (κ1) is 11.8. The molecular weight excluding hydrogens is 244 g/mol. The van der Waals surface area contributed by atoms with Crippen molar-refractivity contribution in [2.24, 2.45) is 0 Å². The van der Waals surface area contributed by atoms with Gasteiger partial charge in [-0.3, -0.25) is 4.79 Å². The van der Waals surface area contributed by atoms with Gasteiger partial charge < -0.3 is 4.74 Å². The largest absolute Gasteiger partial charge is 0.462 e. The predicted molar refractivity (Wildman–Crippen MR) is 66.7 cm³/mol. The normalized spacial score (nSPS) is 24.5. The lowest BCUT2D eigenvalue weighted by Gasteiger charge is -2.05. The van der Waals surface area contributed by atoms with E-state index in [1.807, 2.05) is 31.2 Å². The Morgan fingerprint density at radius 2 is 2.12 bits per heavy atom. The highest BCUT2D eigenvalue weighted by Gasteiger charge is 2.31. The van der Waals surface area contributed by atoms with Crippen LogP contribution < -0.4 is 0 Å². The van der Waals surface area contributed by atoms with Crippen molar-refractivity contribution in [3.8, 4) is 0 Å². The van der Waals surface area contributed by atoms with Crippen molar-refractivity contribution in [3.05, 3.63) is 34.9 Å². The third kappa shape index (κ3) is 2.92. The lowest BCUT2D eigenvalue weighted by atomic mass is 10.2. The predicted octanol–water partition coefficient (Wildman–Crippen LogP) is 3.28. The summed E-state index contributed by atoms with van der Waals surface area (Å²) in [4.78, 5) is 11.4. The maximum absolute atomic E-state index is 11.4. The molecule has 0 aliphatic carbocycles. The second-order valence-corrected chi connectivity index (χ2v) is 5.54. The van der Waals surface area contributed by atoms with Crippen molar-refractivity contribution in [2.45, 2.75) is 30.5 Å². The molecule has 1 aromatic carbocycles. The molecule has 0 bridgehead atoms. The van der Waals surface area contributed by atoms with Gasteiger partial charge >= 0.3 is 5.97 Å². The van der Waals surface area contributed by atoms with Gasteiger partial charge in [-0.2, -0.15) is 0 Å². The molecule has 0 radical (unpaired) electrons. The Labute approximate surface area is 104 Å².